The molecule has 3 aromatic rings. The molecule has 1 aliphatic heterocycles. The molecular formula is C18H18BrN5OS. The minimum absolute atomic E-state index is 0.0580. The van der Waals surface area contributed by atoms with Gasteiger partial charge in [-0.2, -0.15) is 0 Å². The van der Waals surface area contributed by atoms with Gasteiger partial charge in [-0.1, -0.05) is 27.3 Å². The lowest BCUT2D eigenvalue weighted by Crippen LogP contribution is -2.50. The molecule has 0 spiro atoms. The number of piperazine rings is 1. The van der Waals surface area contributed by atoms with E-state index in [1.54, 1.807) is 17.5 Å². The van der Waals surface area contributed by atoms with Crippen molar-refractivity contribution >= 4 is 54.5 Å². The normalized spacial score (nSPS) is 14.7. The number of carbonyl (C=O) groups excluding carboxylic acids is 1. The zero-order valence-electron chi connectivity index (χ0n) is 14.3. The zero-order valence-corrected chi connectivity index (χ0v) is 16.7. The highest BCUT2D eigenvalue weighted by atomic mass is 79.9. The van der Waals surface area contributed by atoms with E-state index in [-0.39, 0.29) is 6.03 Å². The van der Waals surface area contributed by atoms with Gasteiger partial charge in [0.05, 0.1) is 0 Å². The minimum atomic E-state index is -0.0580. The van der Waals surface area contributed by atoms with Crippen molar-refractivity contribution in [3.8, 4) is 0 Å². The van der Waals surface area contributed by atoms with Crippen molar-refractivity contribution in [1.29, 1.82) is 0 Å². The molecule has 0 atom stereocenters. The summed E-state index contributed by atoms with van der Waals surface area (Å²) >= 11 is 5.07. The summed E-state index contributed by atoms with van der Waals surface area (Å²) in [5.41, 5.74) is 2.84. The lowest BCUT2D eigenvalue weighted by Gasteiger charge is -2.34. The van der Waals surface area contributed by atoms with Crippen LogP contribution in [0, 0.1) is 6.92 Å². The Morgan fingerprint density at radius 3 is 2.77 bits per heavy atom. The molecule has 4 rings (SSSR count). The first kappa shape index (κ1) is 17.2. The van der Waals surface area contributed by atoms with Gasteiger partial charge in [0.15, 0.2) is 5.13 Å². The largest absolute Gasteiger partial charge is 0.344 e. The van der Waals surface area contributed by atoms with Crippen molar-refractivity contribution in [2.24, 2.45) is 0 Å². The Labute approximate surface area is 164 Å². The SMILES string of the molecule is Cc1cc(NC(=O)N2CCN(c3nc4cccnc4s3)CC2)ccc1Br. The Morgan fingerprint density at radius 1 is 1.23 bits per heavy atom. The number of pyridine rings is 1. The Morgan fingerprint density at radius 2 is 2.04 bits per heavy atom. The molecule has 0 bridgehead atoms. The van der Waals surface area contributed by atoms with Gasteiger partial charge in [0.2, 0.25) is 0 Å². The van der Waals surface area contributed by atoms with Gasteiger partial charge >= 0.3 is 6.03 Å². The number of aromatic nitrogens is 2. The van der Waals surface area contributed by atoms with Crippen LogP contribution < -0.4 is 10.2 Å². The standard InChI is InChI=1S/C18H18BrN5OS/c1-12-11-13(4-5-14(12)19)21-17(25)23-7-9-24(10-8-23)18-22-15-3-2-6-20-16(15)26-18/h2-6,11H,7-10H2,1H3,(H,21,25). The third-order valence-corrected chi connectivity index (χ3v) is 6.33. The third-order valence-electron chi connectivity index (χ3n) is 4.40. The van der Waals surface area contributed by atoms with Gasteiger partial charge in [0.25, 0.3) is 0 Å². The van der Waals surface area contributed by atoms with E-state index in [1.165, 1.54) is 0 Å². The number of hydrogen-bond acceptors (Lipinski definition) is 5. The van der Waals surface area contributed by atoms with Crippen molar-refractivity contribution in [3.63, 3.8) is 0 Å². The van der Waals surface area contributed by atoms with Crippen molar-refractivity contribution in [3.05, 3.63) is 46.6 Å². The number of halogens is 1. The zero-order chi connectivity index (χ0) is 18.1. The monoisotopic (exact) mass is 431 g/mol. The van der Waals surface area contributed by atoms with Gasteiger partial charge in [0, 0.05) is 42.5 Å². The maximum Gasteiger partial charge on any atom is 0.321 e. The second-order valence-electron chi connectivity index (χ2n) is 6.19. The van der Waals surface area contributed by atoms with Crippen molar-refractivity contribution in [2.75, 3.05) is 36.4 Å². The van der Waals surface area contributed by atoms with E-state index in [2.05, 4.69) is 36.1 Å². The summed E-state index contributed by atoms with van der Waals surface area (Å²) in [6.07, 6.45) is 1.79. The molecule has 2 amide bonds. The van der Waals surface area contributed by atoms with Crippen LogP contribution >= 0.6 is 27.3 Å². The predicted octanol–water partition coefficient (Wildman–Crippen LogP) is 4.12. The number of hydrogen-bond donors (Lipinski definition) is 1. The second kappa shape index (κ2) is 7.20. The lowest BCUT2D eigenvalue weighted by molar-refractivity contribution is 0.208. The summed E-state index contributed by atoms with van der Waals surface area (Å²) in [6.45, 7) is 4.89. The molecule has 8 heteroatoms. The number of anilines is 2. The average molecular weight is 432 g/mol. The molecule has 3 heterocycles. The fourth-order valence-electron chi connectivity index (χ4n) is 2.92. The van der Waals surface area contributed by atoms with Crippen molar-refractivity contribution < 1.29 is 4.79 Å². The quantitative estimate of drug-likeness (QED) is 0.662. The highest BCUT2D eigenvalue weighted by Gasteiger charge is 2.23. The molecule has 0 unspecified atom stereocenters. The number of nitrogens with one attached hydrogen (secondary N) is 1. The number of rotatable bonds is 2. The van der Waals surface area contributed by atoms with Crippen LogP contribution in [0.25, 0.3) is 10.3 Å². The number of benzene rings is 1. The smallest absolute Gasteiger partial charge is 0.321 e. The van der Waals surface area contributed by atoms with Crippen molar-refractivity contribution in [1.82, 2.24) is 14.9 Å². The van der Waals surface area contributed by atoms with E-state index in [0.29, 0.717) is 13.1 Å². The second-order valence-corrected chi connectivity index (χ2v) is 8.00. The summed E-state index contributed by atoms with van der Waals surface area (Å²) in [4.78, 5) is 26.5. The van der Waals surface area contributed by atoms with Crippen LogP contribution in [0.3, 0.4) is 0 Å². The first-order valence-electron chi connectivity index (χ1n) is 8.39. The van der Waals surface area contributed by atoms with E-state index in [4.69, 9.17) is 0 Å². The maximum atomic E-state index is 12.5. The lowest BCUT2D eigenvalue weighted by atomic mass is 10.2. The Kier molecular flexibility index (Phi) is 4.78. The first-order chi connectivity index (χ1) is 12.6. The molecule has 0 aliphatic carbocycles. The fourth-order valence-corrected chi connectivity index (χ4v) is 4.13. The Balaban J connectivity index is 1.38. The topological polar surface area (TPSA) is 61.4 Å². The molecule has 26 heavy (non-hydrogen) atoms. The van der Waals surface area contributed by atoms with Gasteiger partial charge in [-0.3, -0.25) is 0 Å². The number of thiazole rings is 1. The molecule has 1 aliphatic rings. The van der Waals surface area contributed by atoms with Crippen LogP contribution in [-0.4, -0.2) is 47.1 Å². The summed E-state index contributed by atoms with van der Waals surface area (Å²) in [6, 6.07) is 9.64. The Bertz CT molecular complexity index is 919. The molecule has 1 N–H and O–H groups in total. The van der Waals surface area contributed by atoms with E-state index in [9.17, 15) is 4.79 Å². The molecule has 1 saturated heterocycles. The minimum Gasteiger partial charge on any atom is -0.344 e. The van der Waals surface area contributed by atoms with Crippen LogP contribution in [0.4, 0.5) is 15.6 Å². The highest BCUT2D eigenvalue weighted by Crippen LogP contribution is 2.27. The molecule has 2 aromatic heterocycles. The van der Waals surface area contributed by atoms with Gasteiger partial charge in [0.1, 0.15) is 10.3 Å². The van der Waals surface area contributed by atoms with E-state index >= 15 is 0 Å². The van der Waals surface area contributed by atoms with Crippen molar-refractivity contribution in [2.45, 2.75) is 6.92 Å². The van der Waals surface area contributed by atoms with E-state index in [1.807, 2.05) is 42.2 Å². The summed E-state index contributed by atoms with van der Waals surface area (Å²) in [5.74, 6) is 0. The molecule has 0 saturated carbocycles. The number of fused-ring (bicyclic) bond motifs is 1. The number of urea groups is 1. The van der Waals surface area contributed by atoms with Crippen LogP contribution in [-0.2, 0) is 0 Å². The van der Waals surface area contributed by atoms with Gasteiger partial charge in [-0.25, -0.2) is 14.8 Å². The first-order valence-corrected chi connectivity index (χ1v) is 10.00. The summed E-state index contributed by atoms with van der Waals surface area (Å²) < 4.78 is 1.04. The van der Waals surface area contributed by atoms with Gasteiger partial charge in [-0.05, 0) is 42.8 Å². The predicted molar refractivity (Wildman–Crippen MR) is 109 cm³/mol. The van der Waals surface area contributed by atoms with Crippen LogP contribution in [0.5, 0.6) is 0 Å². The van der Waals surface area contributed by atoms with E-state index < -0.39 is 0 Å². The number of nitrogens with zero attached hydrogens (tertiary/aromatic N) is 4. The molecule has 1 aromatic carbocycles. The highest BCUT2D eigenvalue weighted by molar-refractivity contribution is 9.10. The molecule has 134 valence electrons. The fraction of sp³-hybridized carbons (Fsp3) is 0.278. The molecule has 1 fully saturated rings. The van der Waals surface area contributed by atoms with Crippen LogP contribution in [0.15, 0.2) is 41.0 Å². The molecule has 6 nitrogen and oxygen atoms in total. The number of carbonyl (C=O) groups is 1. The van der Waals surface area contributed by atoms with Crippen LogP contribution in [0.1, 0.15) is 5.56 Å². The number of amides is 2. The maximum absolute atomic E-state index is 12.5. The third kappa shape index (κ3) is 3.52. The summed E-state index contributed by atoms with van der Waals surface area (Å²) in [7, 11) is 0. The summed E-state index contributed by atoms with van der Waals surface area (Å²) in [5, 5.41) is 3.95. The van der Waals surface area contributed by atoms with E-state index in [0.717, 1.165) is 44.3 Å². The number of aryl methyl sites for hydroxylation is 1. The Hall–Kier alpha value is -2.19. The van der Waals surface area contributed by atoms with Crippen LogP contribution in [0.2, 0.25) is 0 Å². The molecular weight excluding hydrogens is 414 g/mol. The molecule has 0 radical (unpaired) electrons. The van der Waals surface area contributed by atoms with Gasteiger partial charge < -0.3 is 15.1 Å². The van der Waals surface area contributed by atoms with Gasteiger partial charge in [-0.15, -0.1) is 0 Å². The average Bonchev–Trinajstić information content (AvgIpc) is 3.09.